The van der Waals surface area contributed by atoms with Crippen LogP contribution in [0, 0.1) is 18.3 Å². The molecule has 154 valence electrons. The van der Waals surface area contributed by atoms with Crippen molar-refractivity contribution in [3.05, 3.63) is 71.7 Å². The summed E-state index contributed by atoms with van der Waals surface area (Å²) in [5, 5.41) is 15.6. The van der Waals surface area contributed by atoms with Crippen LogP contribution in [0.2, 0.25) is 0 Å². The molecule has 2 aromatic carbocycles. The molecule has 1 saturated heterocycles. The minimum Gasteiger partial charge on any atom is -0.351 e. The Morgan fingerprint density at radius 3 is 2.65 bits per heavy atom. The smallest absolute Gasteiger partial charge is 0.139 e. The van der Waals surface area contributed by atoms with Crippen LogP contribution in [0.15, 0.2) is 54.6 Å². The average Bonchev–Trinajstić information content (AvgIpc) is 3.51. The van der Waals surface area contributed by atoms with Gasteiger partial charge in [0.25, 0.3) is 0 Å². The molecule has 2 atom stereocenters. The normalized spacial score (nSPS) is 22.4. The van der Waals surface area contributed by atoms with E-state index in [0.717, 1.165) is 59.0 Å². The molecule has 31 heavy (non-hydrogen) atoms. The van der Waals surface area contributed by atoms with Gasteiger partial charge in [-0.05, 0) is 44.0 Å². The van der Waals surface area contributed by atoms with Crippen molar-refractivity contribution in [3.63, 3.8) is 0 Å². The standard InChI is InChI=1S/C25H24N6/c1-17-19-15-25(16-26,24-27-20-11-6-7-12-21(20)29(24)2)22-13-8-14-30(22)23(19)31(28-17)18-9-4-3-5-10-18/h3-7,9-12,22H,8,13-15H2,1-2H3/t22-,25-/m1/s1. The third-order valence-electron chi connectivity index (χ3n) is 7.09. The lowest BCUT2D eigenvalue weighted by atomic mass is 9.72. The predicted molar refractivity (Wildman–Crippen MR) is 120 cm³/mol. The number of imidazole rings is 1. The fourth-order valence-electron chi connectivity index (χ4n) is 5.66. The number of anilines is 1. The summed E-state index contributed by atoms with van der Waals surface area (Å²) in [7, 11) is 2.04. The van der Waals surface area contributed by atoms with Crippen LogP contribution in [-0.2, 0) is 18.9 Å². The third kappa shape index (κ3) is 2.37. The Balaban J connectivity index is 1.59. The molecule has 0 aliphatic carbocycles. The maximum absolute atomic E-state index is 10.7. The van der Waals surface area contributed by atoms with Gasteiger partial charge in [-0.25, -0.2) is 9.67 Å². The molecule has 0 spiro atoms. The maximum atomic E-state index is 10.7. The largest absolute Gasteiger partial charge is 0.351 e. The van der Waals surface area contributed by atoms with E-state index < -0.39 is 5.41 Å². The Kier molecular flexibility index (Phi) is 3.79. The van der Waals surface area contributed by atoms with Gasteiger partial charge in [-0.1, -0.05) is 30.3 Å². The third-order valence-corrected chi connectivity index (χ3v) is 7.09. The minimum atomic E-state index is -0.702. The predicted octanol–water partition coefficient (Wildman–Crippen LogP) is 4.05. The van der Waals surface area contributed by atoms with Gasteiger partial charge >= 0.3 is 0 Å². The zero-order chi connectivity index (χ0) is 21.2. The van der Waals surface area contributed by atoms with Gasteiger partial charge < -0.3 is 9.47 Å². The molecule has 0 saturated carbocycles. The molecule has 0 unspecified atom stereocenters. The summed E-state index contributed by atoms with van der Waals surface area (Å²) < 4.78 is 4.19. The van der Waals surface area contributed by atoms with E-state index in [1.54, 1.807) is 0 Å². The maximum Gasteiger partial charge on any atom is 0.139 e. The second-order valence-corrected chi connectivity index (χ2v) is 8.73. The van der Waals surface area contributed by atoms with Gasteiger partial charge in [0.05, 0.1) is 34.5 Å². The van der Waals surface area contributed by atoms with Crippen LogP contribution in [-0.4, -0.2) is 31.9 Å². The first-order valence-corrected chi connectivity index (χ1v) is 10.9. The molecule has 2 aromatic heterocycles. The lowest BCUT2D eigenvalue weighted by molar-refractivity contribution is 0.380. The minimum absolute atomic E-state index is 0.0825. The van der Waals surface area contributed by atoms with E-state index in [0.29, 0.717) is 6.42 Å². The highest BCUT2D eigenvalue weighted by Crippen LogP contribution is 2.48. The van der Waals surface area contributed by atoms with Gasteiger partial charge in [-0.15, -0.1) is 0 Å². The Bertz CT molecular complexity index is 1340. The molecule has 0 radical (unpaired) electrons. The molecule has 6 rings (SSSR count). The van der Waals surface area contributed by atoms with E-state index in [1.165, 1.54) is 0 Å². The van der Waals surface area contributed by atoms with Crippen molar-refractivity contribution in [1.82, 2.24) is 19.3 Å². The van der Waals surface area contributed by atoms with Crippen molar-refractivity contribution in [2.75, 3.05) is 11.4 Å². The van der Waals surface area contributed by atoms with Crippen molar-refractivity contribution >= 4 is 16.9 Å². The van der Waals surface area contributed by atoms with Crippen molar-refractivity contribution in [1.29, 1.82) is 5.26 Å². The molecule has 4 heterocycles. The fourth-order valence-corrected chi connectivity index (χ4v) is 5.66. The van der Waals surface area contributed by atoms with Crippen molar-refractivity contribution in [3.8, 4) is 11.8 Å². The Morgan fingerprint density at radius 1 is 1.10 bits per heavy atom. The van der Waals surface area contributed by atoms with Gasteiger partial charge in [0, 0.05) is 25.6 Å². The highest BCUT2D eigenvalue weighted by molar-refractivity contribution is 5.77. The number of nitrogens with zero attached hydrogens (tertiary/aromatic N) is 6. The number of fused-ring (bicyclic) bond motifs is 4. The lowest BCUT2D eigenvalue weighted by Crippen LogP contribution is -2.53. The van der Waals surface area contributed by atoms with E-state index in [9.17, 15) is 5.26 Å². The number of hydrogen-bond donors (Lipinski definition) is 0. The van der Waals surface area contributed by atoms with Crippen LogP contribution < -0.4 is 4.90 Å². The summed E-state index contributed by atoms with van der Waals surface area (Å²) in [6, 6.07) is 21.3. The SMILES string of the molecule is Cc1nn(-c2ccccc2)c2c1C[C@](C#N)(c1nc3ccccc3n1C)[C@H]1CCCN21. The molecule has 0 amide bonds. The zero-order valence-corrected chi connectivity index (χ0v) is 17.8. The van der Waals surface area contributed by atoms with Gasteiger partial charge in [-0.3, -0.25) is 0 Å². The van der Waals surface area contributed by atoms with Gasteiger partial charge in [0.2, 0.25) is 0 Å². The molecule has 1 fully saturated rings. The number of aromatic nitrogens is 4. The molecular formula is C25H24N6. The van der Waals surface area contributed by atoms with Crippen LogP contribution >= 0.6 is 0 Å². The van der Waals surface area contributed by atoms with Crippen LogP contribution in [0.1, 0.15) is 29.9 Å². The Morgan fingerprint density at radius 2 is 1.87 bits per heavy atom. The molecule has 0 bridgehead atoms. The summed E-state index contributed by atoms with van der Waals surface area (Å²) in [5.74, 6) is 2.02. The van der Waals surface area contributed by atoms with Crippen LogP contribution in [0.5, 0.6) is 0 Å². The summed E-state index contributed by atoms with van der Waals surface area (Å²) in [6.07, 6.45) is 2.68. The Hall–Kier alpha value is -3.59. The van der Waals surface area contributed by atoms with Crippen LogP contribution in [0.4, 0.5) is 5.82 Å². The zero-order valence-electron chi connectivity index (χ0n) is 17.8. The van der Waals surface area contributed by atoms with E-state index >= 15 is 0 Å². The first-order valence-electron chi connectivity index (χ1n) is 10.9. The molecular weight excluding hydrogens is 384 g/mol. The quantitative estimate of drug-likeness (QED) is 0.502. The molecule has 2 aliphatic rings. The number of benzene rings is 2. The average molecular weight is 409 g/mol. The number of nitriles is 1. The molecule has 6 nitrogen and oxygen atoms in total. The lowest BCUT2D eigenvalue weighted by Gasteiger charge is -2.43. The van der Waals surface area contributed by atoms with Crippen LogP contribution in [0.25, 0.3) is 16.7 Å². The molecule has 6 heteroatoms. The second kappa shape index (κ2) is 6.45. The van der Waals surface area contributed by atoms with Gasteiger partial charge in [0.15, 0.2) is 0 Å². The Labute approximate surface area is 181 Å². The van der Waals surface area contributed by atoms with Crippen molar-refractivity contribution in [2.45, 2.75) is 37.6 Å². The van der Waals surface area contributed by atoms with Crippen LogP contribution in [0.3, 0.4) is 0 Å². The molecule has 4 aromatic rings. The molecule has 0 N–H and O–H groups in total. The van der Waals surface area contributed by atoms with E-state index in [-0.39, 0.29) is 6.04 Å². The first-order chi connectivity index (χ1) is 15.1. The van der Waals surface area contributed by atoms with E-state index in [4.69, 9.17) is 10.1 Å². The number of aryl methyl sites for hydroxylation is 2. The summed E-state index contributed by atoms with van der Waals surface area (Å²) >= 11 is 0. The van der Waals surface area contributed by atoms with Gasteiger partial charge in [0.1, 0.15) is 17.1 Å². The highest BCUT2D eigenvalue weighted by atomic mass is 15.4. The number of hydrogen-bond acceptors (Lipinski definition) is 4. The fraction of sp³-hybridized carbons (Fsp3) is 0.320. The number of para-hydroxylation sites is 3. The monoisotopic (exact) mass is 408 g/mol. The first kappa shape index (κ1) is 18.2. The van der Waals surface area contributed by atoms with E-state index in [2.05, 4.69) is 45.3 Å². The molecule has 2 aliphatic heterocycles. The summed E-state index contributed by atoms with van der Waals surface area (Å²) in [6.45, 7) is 2.99. The second-order valence-electron chi connectivity index (χ2n) is 8.73. The summed E-state index contributed by atoms with van der Waals surface area (Å²) in [5.41, 5.74) is 4.52. The van der Waals surface area contributed by atoms with Crippen molar-refractivity contribution in [2.24, 2.45) is 7.05 Å². The number of rotatable bonds is 2. The van der Waals surface area contributed by atoms with E-state index in [1.807, 2.05) is 43.4 Å². The van der Waals surface area contributed by atoms with Crippen molar-refractivity contribution < 1.29 is 0 Å². The van der Waals surface area contributed by atoms with Gasteiger partial charge in [-0.2, -0.15) is 10.4 Å². The highest BCUT2D eigenvalue weighted by Gasteiger charge is 2.54. The summed E-state index contributed by atoms with van der Waals surface area (Å²) in [4.78, 5) is 7.42. The topological polar surface area (TPSA) is 62.7 Å².